The van der Waals surface area contributed by atoms with Crippen LogP contribution in [-0.4, -0.2) is 15.8 Å². The number of carbonyl (C=O) groups excluding carboxylic acids is 1. The number of nitrogens with one attached hydrogen (secondary N) is 1. The number of halogens is 1. The summed E-state index contributed by atoms with van der Waals surface area (Å²) in [7, 11) is 1.65. The lowest BCUT2D eigenvalue weighted by Crippen LogP contribution is -2.45. The van der Waals surface area contributed by atoms with Gasteiger partial charge >= 0.3 is 0 Å². The number of aryl methyl sites for hydroxylation is 1. The van der Waals surface area contributed by atoms with Crippen LogP contribution in [0.15, 0.2) is 53.5 Å². The Labute approximate surface area is 131 Å². The van der Waals surface area contributed by atoms with E-state index in [2.05, 4.69) is 21.2 Å². The highest BCUT2D eigenvalue weighted by Crippen LogP contribution is 2.23. The lowest BCUT2D eigenvalue weighted by molar-refractivity contribution is 0.0914. The van der Waals surface area contributed by atoms with Crippen LogP contribution in [0.5, 0.6) is 0 Å². The first kappa shape index (κ1) is 15.5. The molecule has 1 N–H and O–H groups in total. The molecule has 1 aromatic carbocycles. The van der Waals surface area contributed by atoms with Gasteiger partial charge in [-0.1, -0.05) is 46.3 Å². The first-order valence-corrected chi connectivity index (χ1v) is 7.69. The summed E-state index contributed by atoms with van der Waals surface area (Å²) < 4.78 is 1.43. The molecule has 0 radical (unpaired) electrons. The van der Waals surface area contributed by atoms with E-state index in [-0.39, 0.29) is 11.5 Å². The van der Waals surface area contributed by atoms with Gasteiger partial charge in [-0.2, -0.15) is 0 Å². The van der Waals surface area contributed by atoms with Crippen molar-refractivity contribution in [1.29, 1.82) is 0 Å². The zero-order valence-corrected chi connectivity index (χ0v) is 13.6. The third-order valence-electron chi connectivity index (χ3n) is 3.43. The topological polar surface area (TPSA) is 51.1 Å². The van der Waals surface area contributed by atoms with Crippen molar-refractivity contribution in [3.05, 3.63) is 70.1 Å². The molecule has 1 heterocycles. The molecular weight excluding hydrogens is 332 g/mol. The molecule has 5 heteroatoms. The Kier molecular flexibility index (Phi) is 4.63. The molecule has 0 bridgehead atoms. The van der Waals surface area contributed by atoms with E-state index in [1.165, 1.54) is 10.6 Å². The number of carbonyl (C=O) groups is 1. The molecule has 2 aromatic rings. The van der Waals surface area contributed by atoms with Crippen LogP contribution < -0.4 is 10.9 Å². The molecule has 1 atom stereocenters. The standard InChI is InChI=1S/C16H17BrN2O2/c1-16(11-17,13-6-4-3-5-7-13)18-15(21)12-8-9-19(2)14(20)10-12/h3-10H,11H2,1-2H3,(H,18,21). The highest BCUT2D eigenvalue weighted by Gasteiger charge is 2.27. The van der Waals surface area contributed by atoms with Gasteiger partial charge in [0.15, 0.2) is 0 Å². The smallest absolute Gasteiger partial charge is 0.252 e. The molecule has 0 aliphatic heterocycles. The zero-order valence-electron chi connectivity index (χ0n) is 12.0. The molecule has 0 saturated heterocycles. The van der Waals surface area contributed by atoms with Gasteiger partial charge in [-0.15, -0.1) is 0 Å². The van der Waals surface area contributed by atoms with Gasteiger partial charge in [-0.3, -0.25) is 9.59 Å². The molecule has 0 fully saturated rings. The predicted molar refractivity (Wildman–Crippen MR) is 86.7 cm³/mol. The summed E-state index contributed by atoms with van der Waals surface area (Å²) in [6.07, 6.45) is 1.59. The number of alkyl halides is 1. The summed E-state index contributed by atoms with van der Waals surface area (Å²) in [6, 6.07) is 12.7. The van der Waals surface area contributed by atoms with Crippen LogP contribution in [0.3, 0.4) is 0 Å². The summed E-state index contributed by atoms with van der Waals surface area (Å²) in [5, 5.41) is 3.56. The molecule has 0 aliphatic rings. The van der Waals surface area contributed by atoms with Gasteiger partial charge in [0.1, 0.15) is 0 Å². The number of hydrogen-bond donors (Lipinski definition) is 1. The minimum atomic E-state index is -0.542. The van der Waals surface area contributed by atoms with Crippen molar-refractivity contribution in [2.75, 3.05) is 5.33 Å². The summed E-state index contributed by atoms with van der Waals surface area (Å²) in [5.41, 5.74) is 0.613. The van der Waals surface area contributed by atoms with Crippen LogP contribution in [0.1, 0.15) is 22.8 Å². The number of nitrogens with zero attached hydrogens (tertiary/aromatic N) is 1. The summed E-state index contributed by atoms with van der Waals surface area (Å²) in [4.78, 5) is 24.0. The summed E-state index contributed by atoms with van der Waals surface area (Å²) in [6.45, 7) is 1.94. The number of pyridine rings is 1. The Morgan fingerprint density at radius 3 is 2.52 bits per heavy atom. The average molecular weight is 349 g/mol. The van der Waals surface area contributed by atoms with Crippen LogP contribution in [0, 0.1) is 0 Å². The second kappa shape index (κ2) is 6.26. The Hall–Kier alpha value is -1.88. The van der Waals surface area contributed by atoms with Crippen molar-refractivity contribution < 1.29 is 4.79 Å². The summed E-state index contributed by atoms with van der Waals surface area (Å²) in [5.74, 6) is -0.265. The number of amides is 1. The molecule has 110 valence electrons. The second-order valence-corrected chi connectivity index (χ2v) is 5.71. The quantitative estimate of drug-likeness (QED) is 0.862. The van der Waals surface area contributed by atoms with E-state index in [0.717, 1.165) is 5.56 Å². The van der Waals surface area contributed by atoms with Crippen molar-refractivity contribution in [3.8, 4) is 0 Å². The van der Waals surface area contributed by atoms with Crippen LogP contribution in [0.4, 0.5) is 0 Å². The van der Waals surface area contributed by atoms with E-state index < -0.39 is 5.54 Å². The van der Waals surface area contributed by atoms with E-state index in [0.29, 0.717) is 10.9 Å². The minimum Gasteiger partial charge on any atom is -0.342 e. The fourth-order valence-corrected chi connectivity index (χ4v) is 2.47. The van der Waals surface area contributed by atoms with E-state index in [1.54, 1.807) is 19.3 Å². The first-order chi connectivity index (χ1) is 9.96. The lowest BCUT2D eigenvalue weighted by Gasteiger charge is -2.29. The highest BCUT2D eigenvalue weighted by molar-refractivity contribution is 9.09. The van der Waals surface area contributed by atoms with Crippen LogP contribution >= 0.6 is 15.9 Å². The SMILES string of the molecule is Cn1ccc(C(=O)NC(C)(CBr)c2ccccc2)cc1=O. The monoisotopic (exact) mass is 348 g/mol. The third kappa shape index (κ3) is 3.42. The van der Waals surface area contributed by atoms with E-state index in [4.69, 9.17) is 0 Å². The molecule has 2 rings (SSSR count). The maximum atomic E-state index is 12.4. The van der Waals surface area contributed by atoms with Crippen molar-refractivity contribution in [3.63, 3.8) is 0 Å². The van der Waals surface area contributed by atoms with E-state index >= 15 is 0 Å². The Bertz CT molecular complexity index is 697. The van der Waals surface area contributed by atoms with Gasteiger partial charge in [0.2, 0.25) is 0 Å². The fourth-order valence-electron chi connectivity index (χ4n) is 2.00. The molecular formula is C16H17BrN2O2. The third-order valence-corrected chi connectivity index (χ3v) is 4.56. The molecule has 0 spiro atoms. The van der Waals surface area contributed by atoms with Gasteiger partial charge in [-0.05, 0) is 18.6 Å². The van der Waals surface area contributed by atoms with Gasteiger partial charge in [0.05, 0.1) is 5.54 Å². The molecule has 1 amide bonds. The van der Waals surface area contributed by atoms with Crippen molar-refractivity contribution >= 4 is 21.8 Å². The average Bonchev–Trinajstić information content (AvgIpc) is 2.50. The van der Waals surface area contributed by atoms with Gasteiger partial charge in [0.25, 0.3) is 11.5 Å². The Morgan fingerprint density at radius 2 is 1.95 bits per heavy atom. The van der Waals surface area contributed by atoms with E-state index in [9.17, 15) is 9.59 Å². The highest BCUT2D eigenvalue weighted by atomic mass is 79.9. The van der Waals surface area contributed by atoms with Gasteiger partial charge in [-0.25, -0.2) is 0 Å². The van der Waals surface area contributed by atoms with Crippen molar-refractivity contribution in [2.45, 2.75) is 12.5 Å². The van der Waals surface area contributed by atoms with Gasteiger partial charge in [0, 0.05) is 30.2 Å². The lowest BCUT2D eigenvalue weighted by atomic mass is 9.94. The molecule has 0 saturated carbocycles. The number of benzene rings is 1. The molecule has 1 unspecified atom stereocenters. The number of aromatic nitrogens is 1. The van der Waals surface area contributed by atoms with Crippen LogP contribution in [0.25, 0.3) is 0 Å². The van der Waals surface area contributed by atoms with Crippen molar-refractivity contribution in [2.24, 2.45) is 7.05 Å². The van der Waals surface area contributed by atoms with Gasteiger partial charge < -0.3 is 9.88 Å². The second-order valence-electron chi connectivity index (χ2n) is 5.15. The maximum Gasteiger partial charge on any atom is 0.252 e. The molecule has 4 nitrogen and oxygen atoms in total. The summed E-state index contributed by atoms with van der Waals surface area (Å²) >= 11 is 3.46. The Balaban J connectivity index is 2.28. The first-order valence-electron chi connectivity index (χ1n) is 6.57. The molecule has 1 aromatic heterocycles. The number of rotatable bonds is 4. The van der Waals surface area contributed by atoms with E-state index in [1.807, 2.05) is 37.3 Å². The minimum absolute atomic E-state index is 0.206. The largest absolute Gasteiger partial charge is 0.342 e. The molecule has 21 heavy (non-hydrogen) atoms. The number of hydrogen-bond acceptors (Lipinski definition) is 2. The predicted octanol–water partition coefficient (Wildman–Crippen LogP) is 2.43. The van der Waals surface area contributed by atoms with Crippen LogP contribution in [-0.2, 0) is 12.6 Å². The Morgan fingerprint density at radius 1 is 1.29 bits per heavy atom. The van der Waals surface area contributed by atoms with Crippen molar-refractivity contribution in [1.82, 2.24) is 9.88 Å². The normalized spacial score (nSPS) is 13.5. The van der Waals surface area contributed by atoms with Crippen LogP contribution in [0.2, 0.25) is 0 Å². The molecule has 0 aliphatic carbocycles. The fraction of sp³-hybridized carbons (Fsp3) is 0.250. The zero-order chi connectivity index (χ0) is 15.5. The maximum absolute atomic E-state index is 12.4.